The minimum Gasteiger partial charge on any atom is -0.292 e. The molecule has 2 nitrogen and oxygen atoms in total. The zero-order valence-electron chi connectivity index (χ0n) is 30.0. The van der Waals surface area contributed by atoms with Crippen LogP contribution in [0.4, 0.5) is 0 Å². The van der Waals surface area contributed by atoms with Gasteiger partial charge in [0.1, 0.15) is 5.82 Å². The molecule has 0 amide bonds. The summed E-state index contributed by atoms with van der Waals surface area (Å²) in [5, 5.41) is 9.95. The van der Waals surface area contributed by atoms with Gasteiger partial charge in [-0.25, -0.2) is 4.98 Å². The highest BCUT2D eigenvalue weighted by Gasteiger charge is 2.21. The Morgan fingerprint density at radius 2 is 0.873 bits per heavy atom. The van der Waals surface area contributed by atoms with Crippen molar-refractivity contribution in [1.29, 1.82) is 0 Å². The standard InChI is InChI=1S/C53H34N2/c1-2-17-43(18-3-1)55-49-24-11-10-23-48(49)54-53(55)38-29-27-37(28-30-38)44-21-12-22-47-50(41-31-25-35-13-4-6-15-39(35)33-41)45-19-8-9-20-46(45)51(52(44)47)42-32-26-36-14-5-7-16-40(36)34-42/h1-34H. The normalized spacial score (nSPS) is 11.6. The maximum Gasteiger partial charge on any atom is 0.145 e. The molecular weight excluding hydrogens is 665 g/mol. The van der Waals surface area contributed by atoms with Gasteiger partial charge in [-0.3, -0.25) is 4.57 Å². The molecule has 10 aromatic carbocycles. The van der Waals surface area contributed by atoms with E-state index in [-0.39, 0.29) is 0 Å². The van der Waals surface area contributed by atoms with Crippen LogP contribution in [0.15, 0.2) is 206 Å². The molecule has 11 aromatic rings. The molecule has 11 rings (SSSR count). The van der Waals surface area contributed by atoms with Crippen molar-refractivity contribution < 1.29 is 0 Å². The Kier molecular flexibility index (Phi) is 7.21. The molecule has 0 saturated heterocycles. The average molecular weight is 699 g/mol. The lowest BCUT2D eigenvalue weighted by Crippen LogP contribution is -1.97. The first-order valence-electron chi connectivity index (χ1n) is 18.9. The summed E-state index contributed by atoms with van der Waals surface area (Å²) in [6.45, 7) is 0. The largest absolute Gasteiger partial charge is 0.292 e. The Morgan fingerprint density at radius 3 is 1.58 bits per heavy atom. The Balaban J connectivity index is 1.18. The number of hydrogen-bond donors (Lipinski definition) is 0. The van der Waals surface area contributed by atoms with E-state index in [4.69, 9.17) is 4.98 Å². The van der Waals surface area contributed by atoms with Crippen LogP contribution < -0.4 is 0 Å². The molecule has 0 fully saturated rings. The van der Waals surface area contributed by atoms with Crippen LogP contribution in [-0.2, 0) is 0 Å². The second-order valence-electron chi connectivity index (χ2n) is 14.3. The Hall–Kier alpha value is -7.29. The average Bonchev–Trinajstić information content (AvgIpc) is 3.65. The van der Waals surface area contributed by atoms with Crippen LogP contribution in [0.5, 0.6) is 0 Å². The van der Waals surface area contributed by atoms with Crippen LogP contribution in [0.25, 0.3) is 105 Å². The monoisotopic (exact) mass is 698 g/mol. The third kappa shape index (κ3) is 5.15. The molecule has 256 valence electrons. The van der Waals surface area contributed by atoms with E-state index in [2.05, 4.69) is 211 Å². The van der Waals surface area contributed by atoms with E-state index in [0.29, 0.717) is 0 Å². The lowest BCUT2D eigenvalue weighted by atomic mass is 9.82. The highest BCUT2D eigenvalue weighted by atomic mass is 15.1. The smallest absolute Gasteiger partial charge is 0.145 e. The van der Waals surface area contributed by atoms with E-state index in [1.807, 2.05) is 0 Å². The second kappa shape index (κ2) is 12.7. The summed E-state index contributed by atoms with van der Waals surface area (Å²) in [4.78, 5) is 5.15. The summed E-state index contributed by atoms with van der Waals surface area (Å²) in [6.07, 6.45) is 0. The van der Waals surface area contributed by atoms with E-state index >= 15 is 0 Å². The van der Waals surface area contributed by atoms with Gasteiger partial charge in [-0.2, -0.15) is 0 Å². The number of para-hydroxylation sites is 3. The van der Waals surface area contributed by atoms with E-state index in [1.54, 1.807) is 0 Å². The first-order chi connectivity index (χ1) is 27.3. The van der Waals surface area contributed by atoms with Crippen molar-refractivity contribution in [2.75, 3.05) is 0 Å². The summed E-state index contributed by atoms with van der Waals surface area (Å²) in [5.41, 5.74) is 11.6. The highest BCUT2D eigenvalue weighted by Crippen LogP contribution is 2.48. The van der Waals surface area contributed by atoms with Gasteiger partial charge in [-0.15, -0.1) is 0 Å². The van der Waals surface area contributed by atoms with Gasteiger partial charge >= 0.3 is 0 Å². The van der Waals surface area contributed by atoms with Gasteiger partial charge in [-0.05, 0) is 113 Å². The minimum atomic E-state index is 0.929. The van der Waals surface area contributed by atoms with Crippen molar-refractivity contribution in [2.24, 2.45) is 0 Å². The maximum atomic E-state index is 5.15. The summed E-state index contributed by atoms with van der Waals surface area (Å²) >= 11 is 0. The van der Waals surface area contributed by atoms with Crippen LogP contribution in [0.1, 0.15) is 0 Å². The lowest BCUT2D eigenvalue weighted by molar-refractivity contribution is 1.10. The fourth-order valence-corrected chi connectivity index (χ4v) is 8.63. The number of benzene rings is 10. The molecule has 0 unspecified atom stereocenters. The van der Waals surface area contributed by atoms with Crippen molar-refractivity contribution in [3.8, 4) is 50.5 Å². The molecule has 2 heteroatoms. The third-order valence-electron chi connectivity index (χ3n) is 11.2. The molecule has 1 heterocycles. The summed E-state index contributed by atoms with van der Waals surface area (Å²) in [6, 6.07) is 74.8. The van der Waals surface area contributed by atoms with Gasteiger partial charge < -0.3 is 0 Å². The molecule has 0 aliphatic rings. The molecule has 0 aliphatic carbocycles. The van der Waals surface area contributed by atoms with Crippen molar-refractivity contribution in [1.82, 2.24) is 9.55 Å². The third-order valence-corrected chi connectivity index (χ3v) is 11.2. The van der Waals surface area contributed by atoms with Gasteiger partial charge in [0.2, 0.25) is 0 Å². The van der Waals surface area contributed by atoms with E-state index < -0.39 is 0 Å². The predicted molar refractivity (Wildman–Crippen MR) is 233 cm³/mol. The molecule has 0 N–H and O–H groups in total. The van der Waals surface area contributed by atoms with Crippen molar-refractivity contribution in [2.45, 2.75) is 0 Å². The Bertz CT molecular complexity index is 3240. The molecule has 1 aromatic heterocycles. The Morgan fingerprint density at radius 1 is 0.345 bits per heavy atom. The van der Waals surface area contributed by atoms with Crippen LogP contribution in [0.2, 0.25) is 0 Å². The molecule has 0 aliphatic heterocycles. The summed E-state index contributed by atoms with van der Waals surface area (Å²) in [7, 11) is 0. The SMILES string of the molecule is c1ccc(-n2c(-c3ccc(-c4cccc5c(-c6ccc7ccccc7c6)c6ccccc6c(-c6ccc7ccccc7c6)c45)cc3)nc3ccccc32)cc1. The molecule has 0 saturated carbocycles. The predicted octanol–water partition coefficient (Wildman–Crippen LogP) is 14.3. The maximum absolute atomic E-state index is 5.15. The first-order valence-corrected chi connectivity index (χ1v) is 18.9. The highest BCUT2D eigenvalue weighted by molar-refractivity contribution is 6.25. The molecule has 0 bridgehead atoms. The molecule has 0 atom stereocenters. The summed E-state index contributed by atoms with van der Waals surface area (Å²) < 4.78 is 2.27. The second-order valence-corrected chi connectivity index (χ2v) is 14.3. The Labute approximate surface area is 319 Å². The number of fused-ring (bicyclic) bond motifs is 5. The van der Waals surface area contributed by atoms with E-state index in [1.165, 1.54) is 76.5 Å². The van der Waals surface area contributed by atoms with Crippen LogP contribution in [0, 0.1) is 0 Å². The van der Waals surface area contributed by atoms with Gasteiger partial charge in [0.15, 0.2) is 0 Å². The zero-order valence-corrected chi connectivity index (χ0v) is 30.0. The fraction of sp³-hybridized carbons (Fsp3) is 0. The van der Waals surface area contributed by atoms with Crippen molar-refractivity contribution in [3.05, 3.63) is 206 Å². The van der Waals surface area contributed by atoms with Crippen molar-refractivity contribution in [3.63, 3.8) is 0 Å². The fourth-order valence-electron chi connectivity index (χ4n) is 8.63. The summed E-state index contributed by atoms with van der Waals surface area (Å²) in [5.74, 6) is 0.929. The molecule has 0 spiro atoms. The molecular formula is C53H34N2. The lowest BCUT2D eigenvalue weighted by Gasteiger charge is -2.21. The minimum absolute atomic E-state index is 0.929. The quantitative estimate of drug-likeness (QED) is 0.164. The van der Waals surface area contributed by atoms with Crippen LogP contribution in [-0.4, -0.2) is 9.55 Å². The number of imidazole rings is 1. The number of hydrogen-bond acceptors (Lipinski definition) is 1. The van der Waals surface area contributed by atoms with Gasteiger partial charge in [-0.1, -0.05) is 170 Å². The van der Waals surface area contributed by atoms with E-state index in [0.717, 1.165) is 28.1 Å². The molecule has 55 heavy (non-hydrogen) atoms. The van der Waals surface area contributed by atoms with Crippen molar-refractivity contribution >= 4 is 54.1 Å². The van der Waals surface area contributed by atoms with Crippen LogP contribution in [0.3, 0.4) is 0 Å². The first kappa shape index (κ1) is 31.3. The number of aromatic nitrogens is 2. The van der Waals surface area contributed by atoms with Gasteiger partial charge in [0.05, 0.1) is 11.0 Å². The van der Waals surface area contributed by atoms with Crippen LogP contribution >= 0.6 is 0 Å². The van der Waals surface area contributed by atoms with Gasteiger partial charge in [0.25, 0.3) is 0 Å². The van der Waals surface area contributed by atoms with E-state index in [9.17, 15) is 0 Å². The molecule has 0 radical (unpaired) electrons. The topological polar surface area (TPSA) is 17.8 Å². The number of nitrogens with zero attached hydrogens (tertiary/aromatic N) is 2. The van der Waals surface area contributed by atoms with Gasteiger partial charge in [0, 0.05) is 11.3 Å². The number of rotatable bonds is 5. The zero-order chi connectivity index (χ0) is 36.3.